The van der Waals surface area contributed by atoms with Crippen LogP contribution >= 0.6 is 35.4 Å². The summed E-state index contributed by atoms with van der Waals surface area (Å²) in [7, 11) is 0. The number of aromatic carboxylic acids is 1. The first-order chi connectivity index (χ1) is 12.7. The standard InChI is InChI=1S/C18H16Cl2N2O4S/c1-9(2)26-12-5-3-4-10(6-12)16(23)22-18(27)21-15-13(19)7-11(17(24)25)8-14(15)20/h3-9H,1-2H3,(H,24,25)(H2,21,22,23,27). The fraction of sp³-hybridized carbons (Fsp3) is 0.167. The molecule has 0 fully saturated rings. The van der Waals surface area contributed by atoms with Crippen molar-refractivity contribution in [2.45, 2.75) is 20.0 Å². The van der Waals surface area contributed by atoms with Gasteiger partial charge in [-0.05, 0) is 56.4 Å². The third-order valence-electron chi connectivity index (χ3n) is 3.22. The van der Waals surface area contributed by atoms with Gasteiger partial charge >= 0.3 is 5.97 Å². The minimum atomic E-state index is -1.16. The van der Waals surface area contributed by atoms with Crippen LogP contribution in [0.1, 0.15) is 34.6 Å². The number of benzene rings is 2. The predicted molar refractivity (Wildman–Crippen MR) is 109 cm³/mol. The Kier molecular flexibility index (Phi) is 7.01. The van der Waals surface area contributed by atoms with Crippen LogP contribution in [0.5, 0.6) is 5.75 Å². The van der Waals surface area contributed by atoms with E-state index in [4.69, 9.17) is 45.3 Å². The highest BCUT2D eigenvalue weighted by molar-refractivity contribution is 7.80. The highest BCUT2D eigenvalue weighted by Crippen LogP contribution is 2.32. The summed E-state index contributed by atoms with van der Waals surface area (Å²) >= 11 is 17.2. The van der Waals surface area contributed by atoms with Crippen LogP contribution in [-0.2, 0) is 0 Å². The van der Waals surface area contributed by atoms with Gasteiger partial charge in [0.1, 0.15) is 5.75 Å². The maximum atomic E-state index is 12.4. The van der Waals surface area contributed by atoms with Crippen molar-refractivity contribution in [3.05, 3.63) is 57.6 Å². The predicted octanol–water partition coefficient (Wildman–Crippen LogP) is 4.61. The van der Waals surface area contributed by atoms with Gasteiger partial charge < -0.3 is 15.2 Å². The van der Waals surface area contributed by atoms with E-state index in [0.717, 1.165) is 0 Å². The second-order valence-electron chi connectivity index (χ2n) is 5.72. The summed E-state index contributed by atoms with van der Waals surface area (Å²) in [4.78, 5) is 23.4. The van der Waals surface area contributed by atoms with Gasteiger partial charge in [0.15, 0.2) is 5.11 Å². The lowest BCUT2D eigenvalue weighted by atomic mass is 10.2. The van der Waals surface area contributed by atoms with E-state index in [1.165, 1.54) is 12.1 Å². The van der Waals surface area contributed by atoms with Crippen molar-refractivity contribution in [1.29, 1.82) is 0 Å². The number of hydrogen-bond acceptors (Lipinski definition) is 4. The first kappa shape index (κ1) is 21.0. The summed E-state index contributed by atoms with van der Waals surface area (Å²) in [5, 5.41) is 14.3. The fourth-order valence-electron chi connectivity index (χ4n) is 2.12. The molecule has 0 atom stereocenters. The Balaban J connectivity index is 2.10. The molecule has 1 amide bonds. The van der Waals surface area contributed by atoms with Crippen LogP contribution in [0, 0.1) is 0 Å². The second-order valence-corrected chi connectivity index (χ2v) is 6.95. The van der Waals surface area contributed by atoms with Crippen molar-refractivity contribution in [3.63, 3.8) is 0 Å². The van der Waals surface area contributed by atoms with Gasteiger partial charge in [0.05, 0.1) is 27.4 Å². The van der Waals surface area contributed by atoms with E-state index in [1.807, 2.05) is 13.8 Å². The van der Waals surface area contributed by atoms with Crippen LogP contribution < -0.4 is 15.4 Å². The van der Waals surface area contributed by atoms with Crippen LogP contribution in [0.15, 0.2) is 36.4 Å². The molecular weight excluding hydrogens is 411 g/mol. The SMILES string of the molecule is CC(C)Oc1cccc(C(=O)NC(=S)Nc2c(Cl)cc(C(=O)O)cc2Cl)c1. The molecular formula is C18H16Cl2N2O4S. The summed E-state index contributed by atoms with van der Waals surface area (Å²) in [5.41, 5.74) is 0.494. The molecule has 2 rings (SSSR count). The number of carboxylic acid groups (broad SMARTS) is 1. The first-order valence-corrected chi connectivity index (χ1v) is 8.95. The van der Waals surface area contributed by atoms with E-state index in [0.29, 0.717) is 11.3 Å². The van der Waals surface area contributed by atoms with Crippen molar-refractivity contribution in [2.24, 2.45) is 0 Å². The van der Waals surface area contributed by atoms with Gasteiger partial charge in [0.2, 0.25) is 0 Å². The normalized spacial score (nSPS) is 10.4. The number of halogens is 2. The maximum absolute atomic E-state index is 12.4. The molecule has 0 saturated heterocycles. The number of ether oxygens (including phenoxy) is 1. The summed E-state index contributed by atoms with van der Waals surface area (Å²) in [6, 6.07) is 9.12. The highest BCUT2D eigenvalue weighted by atomic mass is 35.5. The van der Waals surface area contributed by atoms with Crippen molar-refractivity contribution in [1.82, 2.24) is 5.32 Å². The fourth-order valence-corrected chi connectivity index (χ4v) is 2.90. The molecule has 9 heteroatoms. The molecule has 0 aliphatic heterocycles. The number of carbonyl (C=O) groups is 2. The van der Waals surface area contributed by atoms with Crippen LogP contribution in [0.3, 0.4) is 0 Å². The molecule has 0 radical (unpaired) electrons. The quantitative estimate of drug-likeness (QED) is 0.605. The van der Waals surface area contributed by atoms with Crippen molar-refractivity contribution in [2.75, 3.05) is 5.32 Å². The largest absolute Gasteiger partial charge is 0.491 e. The van der Waals surface area contributed by atoms with Gasteiger partial charge in [-0.1, -0.05) is 29.3 Å². The van der Waals surface area contributed by atoms with Gasteiger partial charge in [-0.2, -0.15) is 0 Å². The van der Waals surface area contributed by atoms with Gasteiger partial charge in [-0.3, -0.25) is 10.1 Å². The molecule has 142 valence electrons. The molecule has 3 N–H and O–H groups in total. The average molecular weight is 427 g/mol. The number of carbonyl (C=O) groups excluding carboxylic acids is 1. The van der Waals surface area contributed by atoms with Crippen LogP contribution in [-0.4, -0.2) is 28.2 Å². The van der Waals surface area contributed by atoms with Crippen LogP contribution in [0.25, 0.3) is 0 Å². The molecule has 6 nitrogen and oxygen atoms in total. The average Bonchev–Trinajstić information content (AvgIpc) is 2.57. The number of thiocarbonyl (C=S) groups is 1. The topological polar surface area (TPSA) is 87.7 Å². The van der Waals surface area contributed by atoms with E-state index in [1.54, 1.807) is 24.3 Å². The van der Waals surface area contributed by atoms with E-state index < -0.39 is 11.9 Å². The third-order valence-corrected chi connectivity index (χ3v) is 4.02. The van der Waals surface area contributed by atoms with Gasteiger partial charge in [-0.15, -0.1) is 0 Å². The number of amides is 1. The van der Waals surface area contributed by atoms with Gasteiger partial charge in [0.25, 0.3) is 5.91 Å². The molecule has 2 aromatic carbocycles. The smallest absolute Gasteiger partial charge is 0.335 e. The van der Waals surface area contributed by atoms with Gasteiger partial charge in [0, 0.05) is 5.56 Å². The molecule has 0 heterocycles. The summed E-state index contributed by atoms with van der Waals surface area (Å²) in [6.07, 6.45) is -0.0240. The number of nitrogens with one attached hydrogen (secondary N) is 2. The molecule has 2 aromatic rings. The Morgan fingerprint density at radius 1 is 1.11 bits per heavy atom. The lowest BCUT2D eigenvalue weighted by molar-refractivity contribution is 0.0696. The summed E-state index contributed by atoms with van der Waals surface area (Å²) < 4.78 is 5.56. The zero-order valence-electron chi connectivity index (χ0n) is 14.4. The summed E-state index contributed by atoms with van der Waals surface area (Å²) in [5.74, 6) is -1.05. The van der Waals surface area contributed by atoms with Crippen LogP contribution in [0.4, 0.5) is 5.69 Å². The number of anilines is 1. The Labute approximate surface area is 171 Å². The van der Waals surface area contributed by atoms with Crippen molar-refractivity contribution < 1.29 is 19.4 Å². The molecule has 0 unspecified atom stereocenters. The molecule has 0 aliphatic rings. The van der Waals surface area contributed by atoms with E-state index in [-0.39, 0.29) is 32.5 Å². The Bertz CT molecular complexity index is 880. The lowest BCUT2D eigenvalue weighted by Gasteiger charge is -2.14. The molecule has 0 spiro atoms. The van der Waals surface area contributed by atoms with Gasteiger partial charge in [-0.25, -0.2) is 4.79 Å². The Morgan fingerprint density at radius 2 is 1.74 bits per heavy atom. The van der Waals surface area contributed by atoms with E-state index in [2.05, 4.69) is 10.6 Å². The highest BCUT2D eigenvalue weighted by Gasteiger charge is 2.15. The summed E-state index contributed by atoms with van der Waals surface area (Å²) in [6.45, 7) is 3.77. The number of rotatable bonds is 5. The molecule has 27 heavy (non-hydrogen) atoms. The first-order valence-electron chi connectivity index (χ1n) is 7.78. The number of hydrogen-bond donors (Lipinski definition) is 3. The molecule has 0 bridgehead atoms. The van der Waals surface area contributed by atoms with Crippen molar-refractivity contribution >= 4 is 58.1 Å². The molecule has 0 aliphatic carbocycles. The lowest BCUT2D eigenvalue weighted by Crippen LogP contribution is -2.34. The molecule has 0 aromatic heterocycles. The Hall–Kier alpha value is -2.35. The van der Waals surface area contributed by atoms with Crippen LogP contribution in [0.2, 0.25) is 10.0 Å². The van der Waals surface area contributed by atoms with Crippen molar-refractivity contribution in [3.8, 4) is 5.75 Å². The molecule has 0 saturated carbocycles. The second kappa shape index (κ2) is 9.03. The maximum Gasteiger partial charge on any atom is 0.335 e. The zero-order chi connectivity index (χ0) is 20.1. The van der Waals surface area contributed by atoms with E-state index >= 15 is 0 Å². The minimum absolute atomic E-state index is 0.0240. The number of carboxylic acids is 1. The Morgan fingerprint density at radius 3 is 2.30 bits per heavy atom. The zero-order valence-corrected chi connectivity index (χ0v) is 16.7. The third kappa shape index (κ3) is 5.82. The minimum Gasteiger partial charge on any atom is -0.491 e. The monoisotopic (exact) mass is 426 g/mol. The van der Waals surface area contributed by atoms with E-state index in [9.17, 15) is 9.59 Å².